The first-order chi connectivity index (χ1) is 11.8. The van der Waals surface area contributed by atoms with E-state index in [1.165, 1.54) is 17.0 Å². The summed E-state index contributed by atoms with van der Waals surface area (Å²) < 4.78 is 4.19. The van der Waals surface area contributed by atoms with E-state index in [1.54, 1.807) is 0 Å². The molecule has 120 valence electrons. The number of pyridine rings is 1. The summed E-state index contributed by atoms with van der Waals surface area (Å²) in [5.41, 5.74) is 6.54. The highest BCUT2D eigenvalue weighted by atomic mass is 16.3. The molecule has 1 saturated carbocycles. The second-order valence-corrected chi connectivity index (χ2v) is 6.57. The molecular weight excluding hydrogens is 300 g/mol. The highest BCUT2D eigenvalue weighted by molar-refractivity contribution is 5.55. The van der Waals surface area contributed by atoms with Gasteiger partial charge in [-0.1, -0.05) is 0 Å². The maximum atomic E-state index is 9.32. The third-order valence-electron chi connectivity index (χ3n) is 5.14. The largest absolute Gasteiger partial charge is 0.392 e. The van der Waals surface area contributed by atoms with Crippen LogP contribution in [0.1, 0.15) is 40.8 Å². The molecule has 1 aliphatic rings. The number of aryl methyl sites for hydroxylation is 1. The van der Waals surface area contributed by atoms with E-state index in [9.17, 15) is 5.11 Å². The lowest BCUT2D eigenvalue weighted by Crippen LogP contribution is -1.92. The first-order valence-corrected chi connectivity index (χ1v) is 8.26. The van der Waals surface area contributed by atoms with E-state index in [2.05, 4.69) is 33.0 Å². The molecule has 1 N–H and O–H groups in total. The summed E-state index contributed by atoms with van der Waals surface area (Å²) in [6, 6.07) is 8.04. The molecule has 0 amide bonds. The summed E-state index contributed by atoms with van der Waals surface area (Å²) in [4.78, 5) is 9.38. The van der Waals surface area contributed by atoms with Gasteiger partial charge in [0.2, 0.25) is 0 Å². The lowest BCUT2D eigenvalue weighted by molar-refractivity contribution is 0.282. The molecule has 0 aromatic carbocycles. The van der Waals surface area contributed by atoms with Gasteiger partial charge in [-0.05, 0) is 49.1 Å². The zero-order chi connectivity index (χ0) is 16.3. The molecule has 1 aliphatic carbocycles. The molecule has 0 aliphatic heterocycles. The van der Waals surface area contributed by atoms with E-state index >= 15 is 0 Å². The zero-order valence-corrected chi connectivity index (χ0v) is 13.4. The third-order valence-corrected chi connectivity index (χ3v) is 5.14. The Morgan fingerprint density at radius 1 is 1.21 bits per heavy atom. The normalized spacial score (nSPS) is 20.1. The molecule has 0 saturated heterocycles. The highest BCUT2D eigenvalue weighted by Gasteiger charge is 2.43. The second-order valence-electron chi connectivity index (χ2n) is 6.57. The predicted molar refractivity (Wildman–Crippen MR) is 91.1 cm³/mol. The molecule has 2 unspecified atom stereocenters. The minimum absolute atomic E-state index is 0.0478. The van der Waals surface area contributed by atoms with Crippen LogP contribution in [0.2, 0.25) is 0 Å². The fourth-order valence-corrected chi connectivity index (χ4v) is 3.77. The minimum atomic E-state index is 0.0478. The molecular formula is C19H18N4O. The van der Waals surface area contributed by atoms with Crippen LogP contribution in [0.15, 0.2) is 49.1 Å². The van der Waals surface area contributed by atoms with Crippen LogP contribution in [-0.2, 0) is 6.61 Å². The van der Waals surface area contributed by atoms with Crippen molar-refractivity contribution in [2.45, 2.75) is 31.8 Å². The van der Waals surface area contributed by atoms with Gasteiger partial charge in [-0.15, -0.1) is 0 Å². The number of imidazole rings is 1. The molecule has 0 bridgehead atoms. The molecule has 0 radical (unpaired) electrons. The number of hydrogen-bond acceptors (Lipinski definition) is 3. The molecule has 4 aromatic rings. The summed E-state index contributed by atoms with van der Waals surface area (Å²) in [7, 11) is 0. The monoisotopic (exact) mass is 318 g/mol. The van der Waals surface area contributed by atoms with Crippen LogP contribution in [0, 0.1) is 6.92 Å². The Balaban J connectivity index is 1.54. The number of hydrogen-bond donors (Lipinski definition) is 1. The Hall–Kier alpha value is -2.66. The van der Waals surface area contributed by atoms with Crippen LogP contribution >= 0.6 is 0 Å². The smallest absolute Gasteiger partial charge is 0.140 e. The van der Waals surface area contributed by atoms with Crippen molar-refractivity contribution >= 4 is 11.3 Å². The van der Waals surface area contributed by atoms with Crippen LogP contribution in [0.5, 0.6) is 0 Å². The van der Waals surface area contributed by atoms with Crippen molar-refractivity contribution in [2.75, 3.05) is 0 Å². The van der Waals surface area contributed by atoms with E-state index in [0.717, 1.165) is 23.3 Å². The number of aliphatic hydroxyl groups excluding tert-OH is 1. The minimum Gasteiger partial charge on any atom is -0.392 e. The summed E-state index contributed by atoms with van der Waals surface area (Å²) in [5, 5.41) is 9.32. The average molecular weight is 318 g/mol. The summed E-state index contributed by atoms with van der Waals surface area (Å²) in [6.45, 7) is 2.17. The lowest BCUT2D eigenvalue weighted by atomic mass is 10.1. The van der Waals surface area contributed by atoms with Crippen LogP contribution in [0.3, 0.4) is 0 Å². The van der Waals surface area contributed by atoms with Gasteiger partial charge in [0, 0.05) is 42.0 Å². The number of nitrogens with zero attached hydrogens (tertiary/aromatic N) is 4. The van der Waals surface area contributed by atoms with Crippen molar-refractivity contribution in [2.24, 2.45) is 0 Å². The van der Waals surface area contributed by atoms with Gasteiger partial charge >= 0.3 is 0 Å². The predicted octanol–water partition coefficient (Wildman–Crippen LogP) is 3.05. The third kappa shape index (κ3) is 1.91. The SMILES string of the molecule is Cc1c(C2CC2c2ccn3cccnc23)nc2cc(CO)ccn12. The molecule has 5 heteroatoms. The number of rotatable bonds is 3. The van der Waals surface area contributed by atoms with Gasteiger partial charge in [-0.3, -0.25) is 0 Å². The van der Waals surface area contributed by atoms with Crippen molar-refractivity contribution in [3.05, 3.63) is 71.6 Å². The molecule has 1 fully saturated rings. The van der Waals surface area contributed by atoms with Gasteiger partial charge in [0.05, 0.1) is 12.3 Å². The van der Waals surface area contributed by atoms with E-state index in [4.69, 9.17) is 4.98 Å². The van der Waals surface area contributed by atoms with Crippen molar-refractivity contribution in [1.29, 1.82) is 0 Å². The van der Waals surface area contributed by atoms with E-state index in [1.807, 2.05) is 36.8 Å². The number of aliphatic hydroxyl groups is 1. The fraction of sp³-hybridized carbons (Fsp3) is 0.263. The van der Waals surface area contributed by atoms with Gasteiger partial charge < -0.3 is 13.9 Å². The Labute approximate surface area is 139 Å². The van der Waals surface area contributed by atoms with Crippen LogP contribution in [0.4, 0.5) is 0 Å². The maximum Gasteiger partial charge on any atom is 0.140 e. The Morgan fingerprint density at radius 2 is 2.12 bits per heavy atom. The van der Waals surface area contributed by atoms with Crippen LogP contribution in [-0.4, -0.2) is 23.9 Å². The van der Waals surface area contributed by atoms with Gasteiger partial charge in [-0.2, -0.15) is 0 Å². The van der Waals surface area contributed by atoms with Crippen molar-refractivity contribution < 1.29 is 5.11 Å². The zero-order valence-electron chi connectivity index (χ0n) is 13.4. The summed E-state index contributed by atoms with van der Waals surface area (Å²) in [6.07, 6.45) is 9.09. The van der Waals surface area contributed by atoms with Crippen LogP contribution < -0.4 is 0 Å². The Bertz CT molecular complexity index is 1060. The number of fused-ring (bicyclic) bond motifs is 2. The fourth-order valence-electron chi connectivity index (χ4n) is 3.77. The Morgan fingerprint density at radius 3 is 3.00 bits per heavy atom. The van der Waals surface area contributed by atoms with Gasteiger partial charge in [-0.25, -0.2) is 9.97 Å². The second kappa shape index (κ2) is 4.92. The van der Waals surface area contributed by atoms with Gasteiger partial charge in [0.25, 0.3) is 0 Å². The van der Waals surface area contributed by atoms with Gasteiger partial charge in [0.15, 0.2) is 0 Å². The highest BCUT2D eigenvalue weighted by Crippen LogP contribution is 2.55. The van der Waals surface area contributed by atoms with E-state index < -0.39 is 0 Å². The first kappa shape index (κ1) is 13.7. The standard InChI is InChI=1S/C19H18N4O/c1-12-18(21-17-9-13(11-24)3-8-23(12)17)16-10-15(16)14-4-7-22-6-2-5-20-19(14)22/h2-9,15-16,24H,10-11H2,1H3. The quantitative estimate of drug-likeness (QED) is 0.631. The molecule has 4 heterocycles. The molecule has 5 rings (SSSR count). The Kier molecular flexibility index (Phi) is 2.82. The first-order valence-electron chi connectivity index (χ1n) is 8.26. The molecule has 0 spiro atoms. The number of aromatic nitrogens is 4. The summed E-state index contributed by atoms with van der Waals surface area (Å²) >= 11 is 0. The van der Waals surface area contributed by atoms with Gasteiger partial charge in [0.1, 0.15) is 11.3 Å². The molecule has 5 nitrogen and oxygen atoms in total. The average Bonchev–Trinajstić information content (AvgIpc) is 3.17. The molecule has 24 heavy (non-hydrogen) atoms. The summed E-state index contributed by atoms with van der Waals surface area (Å²) in [5.74, 6) is 0.946. The van der Waals surface area contributed by atoms with E-state index in [-0.39, 0.29) is 6.61 Å². The van der Waals surface area contributed by atoms with Crippen molar-refractivity contribution in [3.8, 4) is 0 Å². The van der Waals surface area contributed by atoms with Crippen LogP contribution in [0.25, 0.3) is 11.3 Å². The molecule has 2 atom stereocenters. The molecule has 4 aromatic heterocycles. The lowest BCUT2D eigenvalue weighted by Gasteiger charge is -2.00. The maximum absolute atomic E-state index is 9.32. The van der Waals surface area contributed by atoms with Crippen molar-refractivity contribution in [1.82, 2.24) is 18.8 Å². The van der Waals surface area contributed by atoms with Crippen molar-refractivity contribution in [3.63, 3.8) is 0 Å². The topological polar surface area (TPSA) is 54.8 Å². The van der Waals surface area contributed by atoms with E-state index in [0.29, 0.717) is 11.8 Å².